The second-order valence-electron chi connectivity index (χ2n) is 4.33. The molecule has 0 radical (unpaired) electrons. The Morgan fingerprint density at radius 3 is 2.32 bits per heavy atom. The van der Waals surface area contributed by atoms with E-state index in [1.807, 2.05) is 0 Å². The van der Waals surface area contributed by atoms with Crippen LogP contribution in [-0.4, -0.2) is 18.2 Å². The minimum Gasteiger partial charge on any atom is -0.264 e. The third-order valence-corrected chi connectivity index (χ3v) is 4.01. The van der Waals surface area contributed by atoms with Gasteiger partial charge in [-0.05, 0) is 31.5 Å². The second kappa shape index (κ2) is 4.75. The van der Waals surface area contributed by atoms with Gasteiger partial charge in [0.1, 0.15) is 10.7 Å². The van der Waals surface area contributed by atoms with Gasteiger partial charge in [-0.25, -0.2) is 17.9 Å². The first-order chi connectivity index (χ1) is 8.79. The predicted molar refractivity (Wildman–Crippen MR) is 68.6 cm³/mol. The van der Waals surface area contributed by atoms with Gasteiger partial charge in [-0.1, -0.05) is 12.1 Å². The molecule has 0 unspecified atom stereocenters. The number of aryl methyl sites for hydroxylation is 1. The van der Waals surface area contributed by atoms with Gasteiger partial charge in [0, 0.05) is 0 Å². The van der Waals surface area contributed by atoms with Crippen molar-refractivity contribution in [1.82, 2.24) is 9.78 Å². The molecule has 0 spiro atoms. The van der Waals surface area contributed by atoms with Gasteiger partial charge in [-0.2, -0.15) is 5.10 Å². The number of nitrogens with zero attached hydrogens (tertiary/aromatic N) is 2. The summed E-state index contributed by atoms with van der Waals surface area (Å²) in [5, 5.41) is 9.31. The first kappa shape index (κ1) is 13.7. The highest BCUT2D eigenvalue weighted by Crippen LogP contribution is 2.18. The molecule has 0 amide bonds. The molecule has 2 aromatic rings. The predicted octanol–water partition coefficient (Wildman–Crippen LogP) is 1.33. The van der Waals surface area contributed by atoms with Crippen molar-refractivity contribution in [2.75, 3.05) is 0 Å². The maximum absolute atomic E-state index is 12.8. The number of rotatable bonds is 3. The van der Waals surface area contributed by atoms with Gasteiger partial charge in [0.05, 0.1) is 17.9 Å². The zero-order valence-corrected chi connectivity index (χ0v) is 11.4. The molecule has 0 atom stereocenters. The second-order valence-corrected chi connectivity index (χ2v) is 5.83. The molecule has 2 N–H and O–H groups in total. The lowest BCUT2D eigenvalue weighted by Crippen LogP contribution is -2.14. The average molecular weight is 283 g/mol. The van der Waals surface area contributed by atoms with Crippen LogP contribution in [0.1, 0.15) is 17.0 Å². The number of aromatic nitrogens is 2. The SMILES string of the molecule is Cc1nn(Cc2ccc(F)cc2)c(C)c1S(N)(=O)=O. The van der Waals surface area contributed by atoms with Crippen LogP contribution in [0.25, 0.3) is 0 Å². The zero-order valence-electron chi connectivity index (χ0n) is 10.6. The van der Waals surface area contributed by atoms with Gasteiger partial charge in [-0.3, -0.25) is 4.68 Å². The summed E-state index contributed by atoms with van der Waals surface area (Å²) >= 11 is 0. The van der Waals surface area contributed by atoms with E-state index in [4.69, 9.17) is 5.14 Å². The quantitative estimate of drug-likeness (QED) is 0.923. The molecule has 102 valence electrons. The Hall–Kier alpha value is -1.73. The van der Waals surface area contributed by atoms with Crippen molar-refractivity contribution in [1.29, 1.82) is 0 Å². The van der Waals surface area contributed by atoms with Gasteiger partial charge < -0.3 is 0 Å². The van der Waals surface area contributed by atoms with E-state index in [2.05, 4.69) is 5.10 Å². The van der Waals surface area contributed by atoms with Crippen LogP contribution in [0.2, 0.25) is 0 Å². The Bertz CT molecular complexity index is 705. The van der Waals surface area contributed by atoms with E-state index in [0.29, 0.717) is 17.9 Å². The fraction of sp³-hybridized carbons (Fsp3) is 0.250. The van der Waals surface area contributed by atoms with Crippen molar-refractivity contribution in [3.63, 3.8) is 0 Å². The third-order valence-electron chi connectivity index (χ3n) is 2.85. The van der Waals surface area contributed by atoms with Crippen LogP contribution < -0.4 is 5.14 Å². The van der Waals surface area contributed by atoms with Crippen molar-refractivity contribution in [2.24, 2.45) is 5.14 Å². The van der Waals surface area contributed by atoms with E-state index < -0.39 is 10.0 Å². The van der Waals surface area contributed by atoms with E-state index in [0.717, 1.165) is 5.56 Å². The van der Waals surface area contributed by atoms with Crippen LogP contribution in [0.3, 0.4) is 0 Å². The van der Waals surface area contributed by atoms with Gasteiger partial charge in [0.25, 0.3) is 0 Å². The van der Waals surface area contributed by atoms with Gasteiger partial charge in [-0.15, -0.1) is 0 Å². The molecule has 0 saturated heterocycles. The Kier molecular flexibility index (Phi) is 3.42. The number of primary sulfonamides is 1. The molecular weight excluding hydrogens is 269 g/mol. The zero-order chi connectivity index (χ0) is 14.2. The van der Waals surface area contributed by atoms with E-state index in [9.17, 15) is 12.8 Å². The summed E-state index contributed by atoms with van der Waals surface area (Å²) in [4.78, 5) is 0.0506. The summed E-state index contributed by atoms with van der Waals surface area (Å²) in [5.41, 5.74) is 1.67. The summed E-state index contributed by atoms with van der Waals surface area (Å²) in [6.07, 6.45) is 0. The molecule has 0 aliphatic heterocycles. The third kappa shape index (κ3) is 2.82. The van der Waals surface area contributed by atoms with Crippen molar-refractivity contribution in [3.05, 3.63) is 47.0 Å². The van der Waals surface area contributed by atoms with Crippen LogP contribution in [0, 0.1) is 19.7 Å². The highest BCUT2D eigenvalue weighted by Gasteiger charge is 2.20. The first-order valence-electron chi connectivity index (χ1n) is 5.60. The van der Waals surface area contributed by atoms with Gasteiger partial charge >= 0.3 is 0 Å². The fourth-order valence-electron chi connectivity index (χ4n) is 2.01. The summed E-state index contributed by atoms with van der Waals surface area (Å²) in [6, 6.07) is 5.95. The summed E-state index contributed by atoms with van der Waals surface area (Å²) in [7, 11) is -3.79. The minimum absolute atomic E-state index is 0.0506. The number of nitrogens with two attached hydrogens (primary N) is 1. The number of halogens is 1. The molecule has 1 aromatic heterocycles. The summed E-state index contributed by atoms with van der Waals surface area (Å²) in [5.74, 6) is -0.317. The summed E-state index contributed by atoms with van der Waals surface area (Å²) in [6.45, 7) is 3.60. The van der Waals surface area contributed by atoms with Crippen LogP contribution in [0.15, 0.2) is 29.2 Å². The van der Waals surface area contributed by atoms with Crippen molar-refractivity contribution >= 4 is 10.0 Å². The number of benzene rings is 1. The van der Waals surface area contributed by atoms with Crippen LogP contribution >= 0.6 is 0 Å². The largest absolute Gasteiger partial charge is 0.264 e. The Morgan fingerprint density at radius 2 is 1.84 bits per heavy atom. The smallest absolute Gasteiger partial charge is 0.241 e. The highest BCUT2D eigenvalue weighted by atomic mass is 32.2. The molecule has 0 saturated carbocycles. The van der Waals surface area contributed by atoms with E-state index >= 15 is 0 Å². The fourth-order valence-corrected chi connectivity index (χ4v) is 2.98. The molecule has 7 heteroatoms. The monoisotopic (exact) mass is 283 g/mol. The van der Waals surface area contributed by atoms with Crippen molar-refractivity contribution in [2.45, 2.75) is 25.3 Å². The topological polar surface area (TPSA) is 78.0 Å². The number of sulfonamides is 1. The standard InChI is InChI=1S/C12H14FN3O2S/c1-8-12(19(14,17)18)9(2)16(15-8)7-10-3-5-11(13)6-4-10/h3-6H,7H2,1-2H3,(H2,14,17,18). The van der Waals surface area contributed by atoms with Crippen molar-refractivity contribution in [3.8, 4) is 0 Å². The molecule has 19 heavy (non-hydrogen) atoms. The number of hydrogen-bond donors (Lipinski definition) is 1. The Labute approximate surface area is 110 Å². The van der Waals surface area contributed by atoms with Crippen molar-refractivity contribution < 1.29 is 12.8 Å². The van der Waals surface area contributed by atoms with E-state index in [-0.39, 0.29) is 10.7 Å². The molecule has 0 aliphatic rings. The maximum atomic E-state index is 12.8. The number of hydrogen-bond acceptors (Lipinski definition) is 3. The first-order valence-corrected chi connectivity index (χ1v) is 7.15. The van der Waals surface area contributed by atoms with E-state index in [1.165, 1.54) is 12.1 Å². The molecule has 1 heterocycles. The normalized spacial score (nSPS) is 11.8. The summed E-state index contributed by atoms with van der Waals surface area (Å²) < 4.78 is 37.3. The molecule has 0 fully saturated rings. The van der Waals surface area contributed by atoms with E-state index in [1.54, 1.807) is 30.7 Å². The maximum Gasteiger partial charge on any atom is 0.241 e. The van der Waals surface area contributed by atoms with Crippen LogP contribution in [-0.2, 0) is 16.6 Å². The van der Waals surface area contributed by atoms with Crippen LogP contribution in [0.5, 0.6) is 0 Å². The highest BCUT2D eigenvalue weighted by molar-refractivity contribution is 7.89. The Morgan fingerprint density at radius 1 is 1.26 bits per heavy atom. The molecule has 1 aromatic carbocycles. The molecule has 0 bridgehead atoms. The Balaban J connectivity index is 2.40. The lowest BCUT2D eigenvalue weighted by atomic mass is 10.2. The lowest BCUT2D eigenvalue weighted by molar-refractivity contribution is 0.595. The molecule has 0 aliphatic carbocycles. The average Bonchev–Trinajstić information content (AvgIpc) is 2.56. The van der Waals surface area contributed by atoms with Crippen LogP contribution in [0.4, 0.5) is 4.39 Å². The molecular formula is C12H14FN3O2S. The lowest BCUT2D eigenvalue weighted by Gasteiger charge is -2.05. The minimum atomic E-state index is -3.79. The van der Waals surface area contributed by atoms with Gasteiger partial charge in [0.15, 0.2) is 0 Å². The van der Waals surface area contributed by atoms with Gasteiger partial charge in [0.2, 0.25) is 10.0 Å². The molecule has 2 rings (SSSR count). The molecule has 5 nitrogen and oxygen atoms in total.